The quantitative estimate of drug-likeness (QED) is 0.762. The topological polar surface area (TPSA) is 43.1 Å². The van der Waals surface area contributed by atoms with E-state index >= 15 is 0 Å². The molecule has 0 aromatic heterocycles. The lowest BCUT2D eigenvalue weighted by atomic mass is 10.0. The summed E-state index contributed by atoms with van der Waals surface area (Å²) in [7, 11) is -0.975. The van der Waals surface area contributed by atoms with Crippen LogP contribution in [0.3, 0.4) is 0 Å². The van der Waals surface area contributed by atoms with E-state index in [0.29, 0.717) is 16.6 Å². The standard InChI is InChI=1S/C14H22ClNOS/c1-3-5-6-11(4-2)10-18(17)12-7-8-14(16)13(15)9-12/h7-9,11H,3-6,10,16H2,1-2H3. The number of unbranched alkanes of at least 4 members (excludes halogenated alkanes) is 1. The highest BCUT2D eigenvalue weighted by molar-refractivity contribution is 7.85. The van der Waals surface area contributed by atoms with E-state index in [1.54, 1.807) is 12.1 Å². The Labute approximate surface area is 117 Å². The summed E-state index contributed by atoms with van der Waals surface area (Å²) < 4.78 is 12.3. The van der Waals surface area contributed by atoms with E-state index in [0.717, 1.165) is 23.5 Å². The summed E-state index contributed by atoms with van der Waals surface area (Å²) in [5, 5.41) is 0.488. The average Bonchev–Trinajstić information content (AvgIpc) is 2.37. The van der Waals surface area contributed by atoms with Crippen molar-refractivity contribution in [1.82, 2.24) is 0 Å². The molecule has 1 aromatic carbocycles. The maximum absolute atomic E-state index is 12.3. The third-order valence-electron chi connectivity index (χ3n) is 3.17. The summed E-state index contributed by atoms with van der Waals surface area (Å²) in [6.45, 7) is 4.34. The Morgan fingerprint density at radius 1 is 1.39 bits per heavy atom. The van der Waals surface area contributed by atoms with Gasteiger partial charge in [-0.1, -0.05) is 44.7 Å². The summed E-state index contributed by atoms with van der Waals surface area (Å²) in [6, 6.07) is 5.26. The van der Waals surface area contributed by atoms with Gasteiger partial charge in [0.1, 0.15) is 0 Å². The first-order valence-electron chi connectivity index (χ1n) is 6.51. The van der Waals surface area contributed by atoms with Crippen LogP contribution >= 0.6 is 11.6 Å². The molecule has 0 saturated heterocycles. The maximum Gasteiger partial charge on any atom is 0.0647 e. The molecule has 0 aliphatic rings. The van der Waals surface area contributed by atoms with Crippen molar-refractivity contribution in [2.24, 2.45) is 5.92 Å². The molecule has 2 atom stereocenters. The largest absolute Gasteiger partial charge is 0.398 e. The first-order chi connectivity index (χ1) is 8.58. The van der Waals surface area contributed by atoms with Crippen LogP contribution in [0.25, 0.3) is 0 Å². The van der Waals surface area contributed by atoms with Crippen molar-refractivity contribution in [3.8, 4) is 0 Å². The van der Waals surface area contributed by atoms with Crippen molar-refractivity contribution >= 4 is 28.1 Å². The lowest BCUT2D eigenvalue weighted by Crippen LogP contribution is -2.11. The van der Waals surface area contributed by atoms with Crippen molar-refractivity contribution in [2.45, 2.75) is 44.4 Å². The predicted molar refractivity (Wildman–Crippen MR) is 80.4 cm³/mol. The molecule has 1 rings (SSSR count). The number of hydrogen-bond acceptors (Lipinski definition) is 2. The zero-order valence-corrected chi connectivity index (χ0v) is 12.7. The Hall–Kier alpha value is -0.540. The van der Waals surface area contributed by atoms with E-state index in [4.69, 9.17) is 17.3 Å². The van der Waals surface area contributed by atoms with E-state index in [-0.39, 0.29) is 0 Å². The Bertz CT molecular complexity index is 409. The van der Waals surface area contributed by atoms with Crippen LogP contribution < -0.4 is 5.73 Å². The van der Waals surface area contributed by atoms with Gasteiger partial charge in [0.05, 0.1) is 21.5 Å². The van der Waals surface area contributed by atoms with Crippen LogP contribution in [0.4, 0.5) is 5.69 Å². The highest BCUT2D eigenvalue weighted by Crippen LogP contribution is 2.23. The van der Waals surface area contributed by atoms with Crippen molar-refractivity contribution in [3.63, 3.8) is 0 Å². The van der Waals surface area contributed by atoms with Crippen molar-refractivity contribution in [3.05, 3.63) is 23.2 Å². The fourth-order valence-corrected chi connectivity index (χ4v) is 3.60. The zero-order valence-electron chi connectivity index (χ0n) is 11.1. The first-order valence-corrected chi connectivity index (χ1v) is 8.21. The fraction of sp³-hybridized carbons (Fsp3) is 0.571. The van der Waals surface area contributed by atoms with E-state index in [9.17, 15) is 4.21 Å². The molecule has 0 radical (unpaired) electrons. The minimum absolute atomic E-state index is 0.488. The Kier molecular flexibility index (Phi) is 6.72. The van der Waals surface area contributed by atoms with E-state index in [1.165, 1.54) is 12.8 Å². The molecule has 0 bridgehead atoms. The molecule has 2 unspecified atom stereocenters. The molecule has 2 nitrogen and oxygen atoms in total. The van der Waals surface area contributed by atoms with Gasteiger partial charge in [0, 0.05) is 10.6 Å². The molecular weight excluding hydrogens is 266 g/mol. The summed E-state index contributed by atoms with van der Waals surface area (Å²) >= 11 is 5.95. The molecule has 2 N–H and O–H groups in total. The summed E-state index contributed by atoms with van der Waals surface area (Å²) in [4.78, 5) is 0.782. The molecule has 1 aromatic rings. The lowest BCUT2D eigenvalue weighted by molar-refractivity contribution is 0.494. The van der Waals surface area contributed by atoms with Crippen LogP contribution in [0.1, 0.15) is 39.5 Å². The monoisotopic (exact) mass is 287 g/mol. The van der Waals surface area contributed by atoms with Crippen molar-refractivity contribution in [1.29, 1.82) is 0 Å². The van der Waals surface area contributed by atoms with Crippen LogP contribution in [0.2, 0.25) is 5.02 Å². The molecule has 0 heterocycles. The highest BCUT2D eigenvalue weighted by Gasteiger charge is 2.13. The van der Waals surface area contributed by atoms with Gasteiger partial charge in [0.25, 0.3) is 0 Å². The van der Waals surface area contributed by atoms with Crippen LogP contribution in [-0.4, -0.2) is 9.96 Å². The van der Waals surface area contributed by atoms with Crippen LogP contribution in [0, 0.1) is 5.92 Å². The minimum Gasteiger partial charge on any atom is -0.398 e. The SMILES string of the molecule is CCCCC(CC)CS(=O)c1ccc(N)c(Cl)c1. The third-order valence-corrected chi connectivity index (χ3v) is 5.05. The number of nitrogens with two attached hydrogens (primary N) is 1. The van der Waals surface area contributed by atoms with Gasteiger partial charge in [-0.05, 0) is 30.5 Å². The van der Waals surface area contributed by atoms with Gasteiger partial charge in [-0.25, -0.2) is 0 Å². The molecule has 4 heteroatoms. The molecular formula is C14H22ClNOS. The van der Waals surface area contributed by atoms with Crippen molar-refractivity contribution < 1.29 is 4.21 Å². The number of halogens is 1. The highest BCUT2D eigenvalue weighted by atomic mass is 35.5. The minimum atomic E-state index is -0.975. The maximum atomic E-state index is 12.3. The molecule has 0 fully saturated rings. The summed E-state index contributed by atoms with van der Waals surface area (Å²) in [5.41, 5.74) is 6.19. The van der Waals surface area contributed by atoms with Gasteiger partial charge < -0.3 is 5.73 Å². The van der Waals surface area contributed by atoms with Gasteiger partial charge in [-0.3, -0.25) is 4.21 Å². The van der Waals surface area contributed by atoms with Crippen molar-refractivity contribution in [2.75, 3.05) is 11.5 Å². The third kappa shape index (κ3) is 4.62. The van der Waals surface area contributed by atoms with Gasteiger partial charge in [0.15, 0.2) is 0 Å². The lowest BCUT2D eigenvalue weighted by Gasteiger charge is -2.14. The molecule has 102 valence electrons. The summed E-state index contributed by atoms with van der Waals surface area (Å²) in [5.74, 6) is 1.25. The van der Waals surface area contributed by atoms with Gasteiger partial charge >= 0.3 is 0 Å². The normalized spacial score (nSPS) is 14.4. The second-order valence-corrected chi connectivity index (χ2v) is 6.51. The Morgan fingerprint density at radius 2 is 2.11 bits per heavy atom. The number of benzene rings is 1. The first kappa shape index (κ1) is 15.5. The number of nitrogen functional groups attached to an aromatic ring is 1. The van der Waals surface area contributed by atoms with Gasteiger partial charge in [-0.15, -0.1) is 0 Å². The second kappa shape index (κ2) is 7.80. The predicted octanol–water partition coefficient (Wildman–Crippen LogP) is 4.25. The number of anilines is 1. The van der Waals surface area contributed by atoms with E-state index < -0.39 is 10.8 Å². The van der Waals surface area contributed by atoms with Gasteiger partial charge in [-0.2, -0.15) is 0 Å². The van der Waals surface area contributed by atoms with Crippen LogP contribution in [0.5, 0.6) is 0 Å². The van der Waals surface area contributed by atoms with E-state index in [1.807, 2.05) is 6.07 Å². The second-order valence-electron chi connectivity index (χ2n) is 4.61. The fourth-order valence-electron chi connectivity index (χ4n) is 1.86. The van der Waals surface area contributed by atoms with Gasteiger partial charge in [0.2, 0.25) is 0 Å². The zero-order chi connectivity index (χ0) is 13.5. The van der Waals surface area contributed by atoms with Crippen LogP contribution in [0.15, 0.2) is 23.1 Å². The smallest absolute Gasteiger partial charge is 0.0647 e. The molecule has 18 heavy (non-hydrogen) atoms. The summed E-state index contributed by atoms with van der Waals surface area (Å²) in [6.07, 6.45) is 4.63. The van der Waals surface area contributed by atoms with E-state index in [2.05, 4.69) is 13.8 Å². The number of hydrogen-bond donors (Lipinski definition) is 1. The molecule has 0 amide bonds. The average molecular weight is 288 g/mol. The Morgan fingerprint density at radius 3 is 2.67 bits per heavy atom. The van der Waals surface area contributed by atoms with Crippen LogP contribution in [-0.2, 0) is 10.8 Å². The molecule has 0 spiro atoms. The Balaban J connectivity index is 2.65. The number of rotatable bonds is 7. The molecule has 0 aliphatic carbocycles. The molecule has 0 aliphatic heterocycles. The molecule has 0 saturated carbocycles.